The smallest absolute Gasteiger partial charge is 0.222 e. The lowest BCUT2D eigenvalue weighted by Crippen LogP contribution is -2.47. The molecule has 0 N–H and O–H groups in total. The number of carbonyl (C=O) groups is 1. The lowest BCUT2D eigenvalue weighted by Gasteiger charge is -2.37. The summed E-state index contributed by atoms with van der Waals surface area (Å²) in [5.74, 6) is 0.577. The number of rotatable bonds is 5. The first-order chi connectivity index (χ1) is 11.6. The number of hydrogen-bond donors (Lipinski definition) is 0. The number of nitrogens with zero attached hydrogens (tertiary/aromatic N) is 1. The summed E-state index contributed by atoms with van der Waals surface area (Å²) in [6.45, 7) is 5.22. The van der Waals surface area contributed by atoms with Gasteiger partial charge in [-0.3, -0.25) is 4.79 Å². The molecule has 3 rings (SSSR count). The van der Waals surface area contributed by atoms with Crippen LogP contribution < -0.4 is 4.74 Å². The molecule has 0 radical (unpaired) electrons. The monoisotopic (exact) mass is 353 g/mol. The van der Waals surface area contributed by atoms with Crippen molar-refractivity contribution >= 4 is 17.5 Å². The van der Waals surface area contributed by atoms with E-state index in [0.717, 1.165) is 24.2 Å². The summed E-state index contributed by atoms with van der Waals surface area (Å²) in [5, 5.41) is 0.702. The number of ether oxygens (including phenoxy) is 3. The zero-order valence-corrected chi connectivity index (χ0v) is 14.8. The van der Waals surface area contributed by atoms with Crippen LogP contribution in [0.25, 0.3) is 0 Å². The zero-order chi connectivity index (χ0) is 17.0. The minimum absolute atomic E-state index is 0.180. The Morgan fingerprint density at radius 1 is 1.29 bits per heavy atom. The van der Waals surface area contributed by atoms with Crippen molar-refractivity contribution in [2.75, 3.05) is 32.9 Å². The van der Waals surface area contributed by atoms with Gasteiger partial charge >= 0.3 is 0 Å². The molecule has 2 saturated heterocycles. The van der Waals surface area contributed by atoms with Crippen molar-refractivity contribution in [3.05, 3.63) is 28.8 Å². The highest BCUT2D eigenvalue weighted by Gasteiger charge is 2.40. The molecule has 6 heteroatoms. The van der Waals surface area contributed by atoms with Gasteiger partial charge in [-0.1, -0.05) is 11.6 Å². The first-order valence-corrected chi connectivity index (χ1v) is 8.90. The number of piperidine rings is 1. The van der Waals surface area contributed by atoms with Crippen LogP contribution in [0.4, 0.5) is 0 Å². The molecule has 0 atom stereocenters. The fourth-order valence-electron chi connectivity index (χ4n) is 3.22. The van der Waals surface area contributed by atoms with Crippen LogP contribution in [0, 0.1) is 6.92 Å². The molecule has 0 unspecified atom stereocenters. The Bertz CT molecular complexity index is 576. The Balaban J connectivity index is 1.37. The molecule has 0 saturated carbocycles. The lowest BCUT2D eigenvalue weighted by atomic mass is 10.0. The Labute approximate surface area is 147 Å². The fourth-order valence-corrected chi connectivity index (χ4v) is 3.45. The van der Waals surface area contributed by atoms with Crippen molar-refractivity contribution in [2.45, 2.75) is 38.4 Å². The van der Waals surface area contributed by atoms with E-state index in [2.05, 4.69) is 0 Å². The first kappa shape index (κ1) is 17.5. The number of likely N-dealkylation sites (tertiary alicyclic amines) is 1. The summed E-state index contributed by atoms with van der Waals surface area (Å²) in [5.41, 5.74) is 1.01. The summed E-state index contributed by atoms with van der Waals surface area (Å²) < 4.78 is 17.1. The highest BCUT2D eigenvalue weighted by atomic mass is 35.5. The van der Waals surface area contributed by atoms with Crippen LogP contribution in [0.5, 0.6) is 5.75 Å². The van der Waals surface area contributed by atoms with Gasteiger partial charge in [-0.15, -0.1) is 0 Å². The molecule has 24 heavy (non-hydrogen) atoms. The van der Waals surface area contributed by atoms with Crippen molar-refractivity contribution in [3.8, 4) is 5.75 Å². The number of carbonyl (C=O) groups excluding carboxylic acids is 1. The molecule has 5 nitrogen and oxygen atoms in total. The third kappa shape index (κ3) is 4.21. The van der Waals surface area contributed by atoms with Crippen molar-refractivity contribution in [1.29, 1.82) is 0 Å². The van der Waals surface area contributed by atoms with E-state index >= 15 is 0 Å². The van der Waals surface area contributed by atoms with Crippen molar-refractivity contribution < 1.29 is 19.0 Å². The SMILES string of the molecule is Cc1cc(Cl)ccc1OCCCC(=O)N1CCC2(CC1)OCCO2. The molecule has 0 aliphatic carbocycles. The van der Waals surface area contributed by atoms with Gasteiger partial charge in [0.2, 0.25) is 5.91 Å². The minimum Gasteiger partial charge on any atom is -0.493 e. The number of benzene rings is 1. The van der Waals surface area contributed by atoms with Gasteiger partial charge in [0.05, 0.1) is 19.8 Å². The van der Waals surface area contributed by atoms with Gasteiger partial charge in [0.25, 0.3) is 0 Å². The maximum Gasteiger partial charge on any atom is 0.222 e. The summed E-state index contributed by atoms with van der Waals surface area (Å²) in [6, 6.07) is 5.55. The van der Waals surface area contributed by atoms with Gasteiger partial charge < -0.3 is 19.1 Å². The fraction of sp³-hybridized carbons (Fsp3) is 0.611. The molecule has 0 aromatic heterocycles. The average molecular weight is 354 g/mol. The van der Waals surface area contributed by atoms with Gasteiger partial charge in [0.15, 0.2) is 5.79 Å². The Hall–Kier alpha value is -1.30. The minimum atomic E-state index is -0.425. The third-order valence-electron chi connectivity index (χ3n) is 4.62. The number of halogens is 1. The van der Waals surface area contributed by atoms with Crippen LogP contribution in [0.3, 0.4) is 0 Å². The number of aryl methyl sites for hydroxylation is 1. The summed E-state index contributed by atoms with van der Waals surface area (Å²) >= 11 is 5.93. The van der Waals surface area contributed by atoms with Crippen LogP contribution in [-0.4, -0.2) is 49.5 Å². The Morgan fingerprint density at radius 2 is 2.00 bits per heavy atom. The highest BCUT2D eigenvalue weighted by Crippen LogP contribution is 2.31. The van der Waals surface area contributed by atoms with E-state index in [1.165, 1.54) is 0 Å². The quantitative estimate of drug-likeness (QED) is 0.763. The summed E-state index contributed by atoms with van der Waals surface area (Å²) in [7, 11) is 0. The normalized spacial score (nSPS) is 19.7. The predicted molar refractivity (Wildman–Crippen MR) is 91.4 cm³/mol. The van der Waals surface area contributed by atoms with Crippen LogP contribution in [-0.2, 0) is 14.3 Å². The van der Waals surface area contributed by atoms with Gasteiger partial charge in [0, 0.05) is 37.4 Å². The molecule has 1 spiro atoms. The maximum absolute atomic E-state index is 12.3. The van der Waals surface area contributed by atoms with Crippen molar-refractivity contribution in [3.63, 3.8) is 0 Å². The molecule has 2 aliphatic heterocycles. The molecular weight excluding hydrogens is 330 g/mol. The zero-order valence-electron chi connectivity index (χ0n) is 14.1. The maximum atomic E-state index is 12.3. The molecule has 0 bridgehead atoms. The topological polar surface area (TPSA) is 48.0 Å². The largest absolute Gasteiger partial charge is 0.493 e. The Morgan fingerprint density at radius 3 is 2.67 bits per heavy atom. The Kier molecular flexibility index (Phi) is 5.64. The second-order valence-electron chi connectivity index (χ2n) is 6.35. The molecule has 1 aromatic carbocycles. The second-order valence-corrected chi connectivity index (χ2v) is 6.79. The van der Waals surface area contributed by atoms with Crippen LogP contribution >= 0.6 is 11.6 Å². The predicted octanol–water partition coefficient (Wildman–Crippen LogP) is 3.17. The van der Waals surface area contributed by atoms with Gasteiger partial charge in [-0.05, 0) is 37.1 Å². The number of hydrogen-bond acceptors (Lipinski definition) is 4. The van der Waals surface area contributed by atoms with Crippen LogP contribution in [0.1, 0.15) is 31.2 Å². The van der Waals surface area contributed by atoms with Gasteiger partial charge in [-0.25, -0.2) is 0 Å². The van der Waals surface area contributed by atoms with E-state index in [-0.39, 0.29) is 5.91 Å². The van der Waals surface area contributed by atoms with Gasteiger partial charge in [0.1, 0.15) is 5.75 Å². The van der Waals surface area contributed by atoms with Gasteiger partial charge in [-0.2, -0.15) is 0 Å². The molecular formula is C18H24ClNO4. The standard InChI is InChI=1S/C18H24ClNO4/c1-14-13-15(19)4-5-16(14)22-10-2-3-17(21)20-8-6-18(7-9-20)23-11-12-24-18/h4-5,13H,2-3,6-12H2,1H3. The molecule has 2 heterocycles. The van der Waals surface area contributed by atoms with Crippen LogP contribution in [0.15, 0.2) is 18.2 Å². The van der Waals surface area contributed by atoms with Crippen molar-refractivity contribution in [2.24, 2.45) is 0 Å². The highest BCUT2D eigenvalue weighted by molar-refractivity contribution is 6.30. The molecule has 1 aromatic rings. The van der Waals surface area contributed by atoms with Crippen LogP contribution in [0.2, 0.25) is 5.02 Å². The van der Waals surface area contributed by atoms with Crippen molar-refractivity contribution in [1.82, 2.24) is 4.90 Å². The van der Waals surface area contributed by atoms with E-state index < -0.39 is 5.79 Å². The summed E-state index contributed by atoms with van der Waals surface area (Å²) in [6.07, 6.45) is 2.73. The average Bonchev–Trinajstić information content (AvgIpc) is 3.02. The van der Waals surface area contributed by atoms with E-state index in [1.54, 1.807) is 0 Å². The molecule has 2 fully saturated rings. The van der Waals surface area contributed by atoms with E-state index in [1.807, 2.05) is 30.0 Å². The lowest BCUT2D eigenvalue weighted by molar-refractivity contribution is -0.187. The third-order valence-corrected chi connectivity index (χ3v) is 4.86. The summed E-state index contributed by atoms with van der Waals surface area (Å²) in [4.78, 5) is 14.2. The number of amides is 1. The van der Waals surface area contributed by atoms with E-state index in [4.69, 9.17) is 25.8 Å². The molecule has 132 valence electrons. The first-order valence-electron chi connectivity index (χ1n) is 8.53. The molecule has 1 amide bonds. The van der Waals surface area contributed by atoms with E-state index in [9.17, 15) is 4.79 Å². The second kappa shape index (κ2) is 7.72. The molecule has 2 aliphatic rings. The van der Waals surface area contributed by atoms with E-state index in [0.29, 0.717) is 50.8 Å².